The van der Waals surface area contributed by atoms with Gasteiger partial charge in [-0.1, -0.05) is 29.8 Å². The number of benzene rings is 1. The lowest BCUT2D eigenvalue weighted by molar-refractivity contribution is 1.24. The van der Waals surface area contributed by atoms with Crippen LogP contribution in [-0.4, -0.2) is 4.98 Å². The van der Waals surface area contributed by atoms with Gasteiger partial charge in [-0.15, -0.1) is 0 Å². The Balaban J connectivity index is 2.63. The molecule has 0 aliphatic heterocycles. The van der Waals surface area contributed by atoms with Crippen LogP contribution in [0.5, 0.6) is 0 Å². The number of aromatic nitrogens is 1. The van der Waals surface area contributed by atoms with Gasteiger partial charge in [-0.25, -0.2) is 0 Å². The van der Waals surface area contributed by atoms with E-state index in [9.17, 15) is 4.79 Å². The fourth-order valence-electron chi connectivity index (χ4n) is 1.53. The van der Waals surface area contributed by atoms with E-state index in [0.717, 1.165) is 11.1 Å². The number of pyridine rings is 1. The quantitative estimate of drug-likeness (QED) is 0.739. The smallest absolute Gasteiger partial charge is 0.255 e. The molecule has 1 aromatic heterocycles. The molecule has 0 atom stereocenters. The molecule has 76 valence electrons. The van der Waals surface area contributed by atoms with Crippen molar-refractivity contribution in [3.63, 3.8) is 0 Å². The van der Waals surface area contributed by atoms with Crippen molar-refractivity contribution in [3.05, 3.63) is 52.4 Å². The van der Waals surface area contributed by atoms with Crippen LogP contribution in [0.4, 0.5) is 5.69 Å². The predicted octanol–water partition coefficient (Wildman–Crippen LogP) is 1.93. The van der Waals surface area contributed by atoms with E-state index in [2.05, 4.69) is 4.98 Å². The van der Waals surface area contributed by atoms with Gasteiger partial charge < -0.3 is 10.7 Å². The van der Waals surface area contributed by atoms with Crippen LogP contribution in [0.1, 0.15) is 5.56 Å². The van der Waals surface area contributed by atoms with E-state index in [4.69, 9.17) is 5.73 Å². The molecular formula is C12H12N2O. The summed E-state index contributed by atoms with van der Waals surface area (Å²) in [5.74, 6) is 0. The second-order valence-electron chi connectivity index (χ2n) is 3.55. The highest BCUT2D eigenvalue weighted by atomic mass is 16.1. The molecule has 3 N–H and O–H groups in total. The van der Waals surface area contributed by atoms with Crippen LogP contribution in [0.2, 0.25) is 0 Å². The van der Waals surface area contributed by atoms with E-state index in [1.807, 2.05) is 31.2 Å². The maximum absolute atomic E-state index is 11.6. The highest BCUT2D eigenvalue weighted by Crippen LogP contribution is 2.17. The number of anilines is 1. The maximum atomic E-state index is 11.6. The monoisotopic (exact) mass is 200 g/mol. The summed E-state index contributed by atoms with van der Waals surface area (Å²) in [7, 11) is 0. The molecule has 0 spiro atoms. The molecule has 3 heteroatoms. The van der Waals surface area contributed by atoms with Crippen LogP contribution in [0.15, 0.2) is 41.3 Å². The molecule has 0 fully saturated rings. The lowest BCUT2D eigenvalue weighted by Gasteiger charge is -2.02. The Morgan fingerprint density at radius 1 is 1.27 bits per heavy atom. The standard InChI is InChI=1S/C12H12N2O/c1-8-3-2-4-9(5-8)11-6-10(13)7-14-12(11)15/h2-7H,13H2,1H3,(H,14,15). The van der Waals surface area contributed by atoms with Crippen molar-refractivity contribution in [3.8, 4) is 11.1 Å². The zero-order valence-electron chi connectivity index (χ0n) is 8.45. The summed E-state index contributed by atoms with van der Waals surface area (Å²) in [4.78, 5) is 14.2. The first kappa shape index (κ1) is 9.52. The Morgan fingerprint density at radius 2 is 2.07 bits per heavy atom. The first-order valence-corrected chi connectivity index (χ1v) is 4.72. The second kappa shape index (κ2) is 3.61. The molecule has 0 radical (unpaired) electrons. The third-order valence-corrected chi connectivity index (χ3v) is 2.25. The van der Waals surface area contributed by atoms with Gasteiger partial charge >= 0.3 is 0 Å². The summed E-state index contributed by atoms with van der Waals surface area (Å²) in [6.07, 6.45) is 1.50. The van der Waals surface area contributed by atoms with Crippen molar-refractivity contribution in [1.82, 2.24) is 4.98 Å². The summed E-state index contributed by atoms with van der Waals surface area (Å²) in [6.45, 7) is 1.99. The van der Waals surface area contributed by atoms with Gasteiger partial charge in [0.2, 0.25) is 0 Å². The molecule has 3 nitrogen and oxygen atoms in total. The van der Waals surface area contributed by atoms with Crippen LogP contribution >= 0.6 is 0 Å². The topological polar surface area (TPSA) is 58.9 Å². The van der Waals surface area contributed by atoms with Gasteiger partial charge in [0.1, 0.15) is 0 Å². The van der Waals surface area contributed by atoms with Gasteiger partial charge in [-0.2, -0.15) is 0 Å². The fourth-order valence-corrected chi connectivity index (χ4v) is 1.53. The van der Waals surface area contributed by atoms with E-state index in [1.165, 1.54) is 6.20 Å². The van der Waals surface area contributed by atoms with Gasteiger partial charge in [-0.05, 0) is 18.6 Å². The van der Waals surface area contributed by atoms with E-state index in [1.54, 1.807) is 6.07 Å². The van der Waals surface area contributed by atoms with Gasteiger partial charge in [-0.3, -0.25) is 4.79 Å². The SMILES string of the molecule is Cc1cccc(-c2cc(N)c[nH]c2=O)c1. The van der Waals surface area contributed by atoms with Crippen LogP contribution in [0.3, 0.4) is 0 Å². The zero-order chi connectivity index (χ0) is 10.8. The summed E-state index contributed by atoms with van der Waals surface area (Å²) in [5.41, 5.74) is 8.70. The molecule has 0 amide bonds. The molecular weight excluding hydrogens is 188 g/mol. The normalized spacial score (nSPS) is 10.2. The number of aromatic amines is 1. The molecule has 2 rings (SSSR count). The summed E-state index contributed by atoms with van der Waals surface area (Å²) < 4.78 is 0. The molecule has 0 aliphatic rings. The fraction of sp³-hybridized carbons (Fsp3) is 0.0833. The van der Waals surface area contributed by atoms with Crippen LogP contribution < -0.4 is 11.3 Å². The average Bonchev–Trinajstić information content (AvgIpc) is 2.22. The number of nitrogens with two attached hydrogens (primary N) is 1. The van der Waals surface area contributed by atoms with Crippen LogP contribution in [0, 0.1) is 6.92 Å². The van der Waals surface area contributed by atoms with Crippen molar-refractivity contribution in [2.45, 2.75) is 6.92 Å². The summed E-state index contributed by atoms with van der Waals surface area (Å²) in [6, 6.07) is 9.46. The number of nitrogens with one attached hydrogen (secondary N) is 1. The van der Waals surface area contributed by atoms with E-state index in [0.29, 0.717) is 11.3 Å². The molecule has 2 aromatic rings. The van der Waals surface area contributed by atoms with Gasteiger partial charge in [0.15, 0.2) is 0 Å². The number of rotatable bonds is 1. The molecule has 0 unspecified atom stereocenters. The molecule has 1 aromatic carbocycles. The predicted molar refractivity (Wildman–Crippen MR) is 61.6 cm³/mol. The third-order valence-electron chi connectivity index (χ3n) is 2.25. The molecule has 1 heterocycles. The van der Waals surface area contributed by atoms with Crippen molar-refractivity contribution in [2.24, 2.45) is 0 Å². The van der Waals surface area contributed by atoms with Crippen molar-refractivity contribution >= 4 is 5.69 Å². The first-order valence-electron chi connectivity index (χ1n) is 4.72. The van der Waals surface area contributed by atoms with E-state index >= 15 is 0 Å². The number of nitrogen functional groups attached to an aromatic ring is 1. The Bertz CT molecular complexity index is 543. The summed E-state index contributed by atoms with van der Waals surface area (Å²) in [5, 5.41) is 0. The lowest BCUT2D eigenvalue weighted by atomic mass is 10.1. The highest BCUT2D eigenvalue weighted by Gasteiger charge is 2.03. The maximum Gasteiger partial charge on any atom is 0.255 e. The zero-order valence-corrected chi connectivity index (χ0v) is 8.45. The lowest BCUT2D eigenvalue weighted by Crippen LogP contribution is -2.08. The molecule has 0 aliphatic carbocycles. The Morgan fingerprint density at radius 3 is 2.80 bits per heavy atom. The number of aryl methyl sites for hydroxylation is 1. The Kier molecular flexibility index (Phi) is 2.29. The molecule has 0 saturated heterocycles. The molecule has 0 bridgehead atoms. The summed E-state index contributed by atoms with van der Waals surface area (Å²) >= 11 is 0. The van der Waals surface area contributed by atoms with E-state index < -0.39 is 0 Å². The van der Waals surface area contributed by atoms with E-state index in [-0.39, 0.29) is 5.56 Å². The molecule has 0 saturated carbocycles. The minimum absolute atomic E-state index is 0.116. The Hall–Kier alpha value is -2.03. The van der Waals surface area contributed by atoms with Crippen molar-refractivity contribution in [1.29, 1.82) is 0 Å². The average molecular weight is 200 g/mol. The number of hydrogen-bond donors (Lipinski definition) is 2. The largest absolute Gasteiger partial charge is 0.398 e. The van der Waals surface area contributed by atoms with Crippen molar-refractivity contribution < 1.29 is 0 Å². The van der Waals surface area contributed by atoms with Gasteiger partial charge in [0, 0.05) is 17.4 Å². The van der Waals surface area contributed by atoms with Gasteiger partial charge in [0.05, 0.1) is 0 Å². The van der Waals surface area contributed by atoms with Crippen LogP contribution in [-0.2, 0) is 0 Å². The molecule has 15 heavy (non-hydrogen) atoms. The number of hydrogen-bond acceptors (Lipinski definition) is 2. The first-order chi connectivity index (χ1) is 7.16. The highest BCUT2D eigenvalue weighted by molar-refractivity contribution is 5.66. The Labute approximate surface area is 87.6 Å². The second-order valence-corrected chi connectivity index (χ2v) is 3.55. The minimum atomic E-state index is -0.116. The van der Waals surface area contributed by atoms with Crippen LogP contribution in [0.25, 0.3) is 11.1 Å². The minimum Gasteiger partial charge on any atom is -0.398 e. The number of H-pyrrole nitrogens is 1. The third kappa shape index (κ3) is 1.91. The van der Waals surface area contributed by atoms with Gasteiger partial charge in [0.25, 0.3) is 5.56 Å². The van der Waals surface area contributed by atoms with Crippen molar-refractivity contribution in [2.75, 3.05) is 5.73 Å².